The van der Waals surface area contributed by atoms with Gasteiger partial charge in [0.25, 0.3) is 0 Å². The van der Waals surface area contributed by atoms with E-state index in [9.17, 15) is 0 Å². The van der Waals surface area contributed by atoms with Crippen LogP contribution in [0.15, 0.2) is 12.4 Å². The molecule has 2 rings (SSSR count). The first kappa shape index (κ1) is 13.6. The van der Waals surface area contributed by atoms with Crippen molar-refractivity contribution in [3.8, 4) is 0 Å². The number of nitrogens with two attached hydrogens (primary N) is 1. The van der Waals surface area contributed by atoms with Crippen LogP contribution in [0.3, 0.4) is 0 Å². The smallest absolute Gasteiger partial charge is 0.0534 e. The number of rotatable bonds is 4. The van der Waals surface area contributed by atoms with Gasteiger partial charge < -0.3 is 5.73 Å². The van der Waals surface area contributed by atoms with Crippen LogP contribution in [-0.4, -0.2) is 33.8 Å². The van der Waals surface area contributed by atoms with Gasteiger partial charge in [0.2, 0.25) is 0 Å². The van der Waals surface area contributed by atoms with E-state index in [1.165, 1.54) is 44.1 Å². The van der Waals surface area contributed by atoms with Crippen molar-refractivity contribution in [3.05, 3.63) is 18.0 Å². The predicted octanol–water partition coefficient (Wildman–Crippen LogP) is 1.90. The minimum atomic E-state index is 0.201. The molecule has 1 aromatic rings. The van der Waals surface area contributed by atoms with E-state index in [1.807, 2.05) is 17.9 Å². The van der Waals surface area contributed by atoms with Crippen LogP contribution in [0.25, 0.3) is 0 Å². The molecule has 1 saturated carbocycles. The number of hydrogen-bond donors (Lipinski definition) is 1. The van der Waals surface area contributed by atoms with Gasteiger partial charge in [-0.25, -0.2) is 0 Å². The third kappa shape index (κ3) is 2.93. The zero-order valence-corrected chi connectivity index (χ0v) is 11.7. The fourth-order valence-corrected chi connectivity index (χ4v) is 3.12. The first-order valence-electron chi connectivity index (χ1n) is 7.05. The molecule has 102 valence electrons. The zero-order chi connectivity index (χ0) is 13.0. The molecule has 4 heteroatoms. The Bertz CT molecular complexity index is 364. The highest BCUT2D eigenvalue weighted by Crippen LogP contribution is 2.31. The molecule has 1 aliphatic rings. The SMILES string of the molecule is CN(Cc1cnn(C)c1)C1(CN)CCCCCC1. The second-order valence-electron chi connectivity index (χ2n) is 5.72. The highest BCUT2D eigenvalue weighted by atomic mass is 15.2. The Morgan fingerprint density at radius 1 is 1.33 bits per heavy atom. The van der Waals surface area contributed by atoms with Gasteiger partial charge in [-0.05, 0) is 19.9 Å². The summed E-state index contributed by atoms with van der Waals surface area (Å²) in [7, 11) is 4.18. The van der Waals surface area contributed by atoms with Crippen molar-refractivity contribution in [1.82, 2.24) is 14.7 Å². The monoisotopic (exact) mass is 250 g/mol. The van der Waals surface area contributed by atoms with Crippen LogP contribution in [0.2, 0.25) is 0 Å². The molecule has 1 aromatic heterocycles. The molecule has 1 fully saturated rings. The minimum Gasteiger partial charge on any atom is -0.329 e. The van der Waals surface area contributed by atoms with Crippen molar-refractivity contribution in [2.45, 2.75) is 50.6 Å². The molecule has 0 atom stereocenters. The first-order valence-corrected chi connectivity index (χ1v) is 7.05. The number of aromatic nitrogens is 2. The van der Waals surface area contributed by atoms with Crippen LogP contribution in [0.4, 0.5) is 0 Å². The van der Waals surface area contributed by atoms with Crippen LogP contribution < -0.4 is 5.73 Å². The molecule has 18 heavy (non-hydrogen) atoms. The highest BCUT2D eigenvalue weighted by molar-refractivity contribution is 5.05. The Balaban J connectivity index is 2.06. The Kier molecular flexibility index (Phi) is 4.40. The maximum atomic E-state index is 6.10. The van der Waals surface area contributed by atoms with E-state index >= 15 is 0 Å². The van der Waals surface area contributed by atoms with Crippen molar-refractivity contribution in [1.29, 1.82) is 0 Å². The number of aryl methyl sites for hydroxylation is 1. The van der Waals surface area contributed by atoms with Crippen LogP contribution in [-0.2, 0) is 13.6 Å². The molecule has 0 radical (unpaired) electrons. The van der Waals surface area contributed by atoms with Gasteiger partial charge in [-0.1, -0.05) is 25.7 Å². The van der Waals surface area contributed by atoms with E-state index in [4.69, 9.17) is 5.73 Å². The summed E-state index contributed by atoms with van der Waals surface area (Å²) in [4.78, 5) is 2.45. The van der Waals surface area contributed by atoms with Gasteiger partial charge in [0.05, 0.1) is 6.20 Å². The van der Waals surface area contributed by atoms with E-state index in [0.717, 1.165) is 13.1 Å². The third-order valence-electron chi connectivity index (χ3n) is 4.40. The summed E-state index contributed by atoms with van der Waals surface area (Å²) in [5.41, 5.74) is 7.58. The highest BCUT2D eigenvalue weighted by Gasteiger charge is 2.33. The first-order chi connectivity index (χ1) is 8.66. The summed E-state index contributed by atoms with van der Waals surface area (Å²) < 4.78 is 1.87. The van der Waals surface area contributed by atoms with Crippen molar-refractivity contribution in [3.63, 3.8) is 0 Å². The van der Waals surface area contributed by atoms with E-state index in [1.54, 1.807) is 0 Å². The van der Waals surface area contributed by atoms with Crippen molar-refractivity contribution in [2.24, 2.45) is 12.8 Å². The fourth-order valence-electron chi connectivity index (χ4n) is 3.12. The standard InChI is InChI=1S/C14H26N4/c1-17(10-13-9-16-18(2)11-13)14(12-15)7-5-3-4-6-8-14/h9,11H,3-8,10,12,15H2,1-2H3. The van der Waals surface area contributed by atoms with Gasteiger partial charge >= 0.3 is 0 Å². The van der Waals surface area contributed by atoms with E-state index in [-0.39, 0.29) is 5.54 Å². The van der Waals surface area contributed by atoms with Gasteiger partial charge in [-0.3, -0.25) is 9.58 Å². The van der Waals surface area contributed by atoms with Crippen molar-refractivity contribution >= 4 is 0 Å². The van der Waals surface area contributed by atoms with Crippen LogP contribution in [0, 0.1) is 0 Å². The molecule has 0 unspecified atom stereocenters. The quantitative estimate of drug-likeness (QED) is 0.830. The summed E-state index contributed by atoms with van der Waals surface area (Å²) in [6.45, 7) is 1.72. The molecule has 1 aliphatic carbocycles. The molecule has 1 heterocycles. The molecule has 0 aliphatic heterocycles. The molecule has 0 saturated heterocycles. The average molecular weight is 250 g/mol. The largest absolute Gasteiger partial charge is 0.329 e. The lowest BCUT2D eigenvalue weighted by molar-refractivity contribution is 0.0997. The molecule has 0 aromatic carbocycles. The van der Waals surface area contributed by atoms with Gasteiger partial charge in [0.1, 0.15) is 0 Å². The summed E-state index contributed by atoms with van der Waals surface area (Å²) >= 11 is 0. The second kappa shape index (κ2) is 5.85. The van der Waals surface area contributed by atoms with Gasteiger partial charge in [0, 0.05) is 37.4 Å². The van der Waals surface area contributed by atoms with Crippen LogP contribution >= 0.6 is 0 Å². The number of likely N-dealkylation sites (N-methyl/N-ethyl adjacent to an activating group) is 1. The summed E-state index contributed by atoms with van der Waals surface area (Å²) in [5.74, 6) is 0. The van der Waals surface area contributed by atoms with Gasteiger partial charge in [-0.15, -0.1) is 0 Å². The number of hydrogen-bond acceptors (Lipinski definition) is 3. The topological polar surface area (TPSA) is 47.1 Å². The lowest BCUT2D eigenvalue weighted by Gasteiger charge is -2.40. The summed E-state index contributed by atoms with van der Waals surface area (Å²) in [5, 5.41) is 4.24. The second-order valence-corrected chi connectivity index (χ2v) is 5.72. The van der Waals surface area contributed by atoms with E-state index < -0.39 is 0 Å². The maximum absolute atomic E-state index is 6.10. The Morgan fingerprint density at radius 2 is 2.00 bits per heavy atom. The van der Waals surface area contributed by atoms with Crippen LogP contribution in [0.1, 0.15) is 44.1 Å². The van der Waals surface area contributed by atoms with E-state index in [2.05, 4.69) is 23.2 Å². The van der Waals surface area contributed by atoms with Crippen molar-refractivity contribution in [2.75, 3.05) is 13.6 Å². The lowest BCUT2D eigenvalue weighted by Crippen LogP contribution is -2.51. The van der Waals surface area contributed by atoms with Gasteiger partial charge in [0.15, 0.2) is 0 Å². The molecule has 0 bridgehead atoms. The maximum Gasteiger partial charge on any atom is 0.0534 e. The summed E-state index contributed by atoms with van der Waals surface area (Å²) in [6.07, 6.45) is 11.9. The minimum absolute atomic E-state index is 0.201. The molecular weight excluding hydrogens is 224 g/mol. The predicted molar refractivity (Wildman–Crippen MR) is 74.2 cm³/mol. The zero-order valence-electron chi connectivity index (χ0n) is 11.7. The van der Waals surface area contributed by atoms with Crippen molar-refractivity contribution < 1.29 is 0 Å². The summed E-state index contributed by atoms with van der Waals surface area (Å²) in [6, 6.07) is 0. The van der Waals surface area contributed by atoms with Gasteiger partial charge in [-0.2, -0.15) is 5.10 Å². The Hall–Kier alpha value is -0.870. The molecule has 2 N–H and O–H groups in total. The average Bonchev–Trinajstić information content (AvgIpc) is 2.65. The number of nitrogens with zero attached hydrogens (tertiary/aromatic N) is 3. The van der Waals surface area contributed by atoms with Crippen LogP contribution in [0.5, 0.6) is 0 Å². The third-order valence-corrected chi connectivity index (χ3v) is 4.40. The lowest BCUT2D eigenvalue weighted by atomic mass is 9.88. The Labute approximate surface area is 110 Å². The van der Waals surface area contributed by atoms with E-state index in [0.29, 0.717) is 0 Å². The molecular formula is C14H26N4. The Morgan fingerprint density at radius 3 is 2.50 bits per heavy atom. The normalized spacial score (nSPS) is 20.0. The fraction of sp³-hybridized carbons (Fsp3) is 0.786. The molecule has 0 amide bonds. The molecule has 0 spiro atoms. The molecule has 4 nitrogen and oxygen atoms in total.